The minimum atomic E-state index is -2.26. The van der Waals surface area contributed by atoms with Crippen LogP contribution in [0.3, 0.4) is 0 Å². The van der Waals surface area contributed by atoms with Gasteiger partial charge in [-0.15, -0.1) is 0 Å². The van der Waals surface area contributed by atoms with Crippen LogP contribution in [0.1, 0.15) is 46.7 Å². The van der Waals surface area contributed by atoms with Crippen LogP contribution in [0.15, 0.2) is 36.4 Å². The van der Waals surface area contributed by atoms with Crippen molar-refractivity contribution in [3.05, 3.63) is 75.8 Å². The van der Waals surface area contributed by atoms with Gasteiger partial charge in [0.15, 0.2) is 5.82 Å². The average Bonchev–Trinajstić information content (AvgIpc) is 3.42. The number of hydrogen-bond acceptors (Lipinski definition) is 7. The number of aromatic nitrogens is 3. The summed E-state index contributed by atoms with van der Waals surface area (Å²) in [4.78, 5) is 42.7. The zero-order valence-corrected chi connectivity index (χ0v) is 20.0. The Morgan fingerprint density at radius 1 is 1.31 bits per heavy atom. The Morgan fingerprint density at radius 2 is 2.06 bits per heavy atom. The fourth-order valence-electron chi connectivity index (χ4n) is 3.81. The molecule has 0 saturated heterocycles. The number of ether oxygens (including phenoxy) is 1. The lowest BCUT2D eigenvalue weighted by Gasteiger charge is -2.28. The monoisotopic (exact) mass is 532 g/mol. The van der Waals surface area contributed by atoms with Crippen molar-refractivity contribution in [3.8, 4) is 0 Å². The number of esters is 1. The summed E-state index contributed by atoms with van der Waals surface area (Å²) in [6.45, 7) is 1.12. The molecule has 1 aliphatic heterocycles. The molecule has 9 nitrogen and oxygen atoms in total. The molecule has 3 heterocycles. The number of nitrogens with one attached hydrogen (secondary N) is 2. The topological polar surface area (TPSA) is 115 Å². The van der Waals surface area contributed by atoms with Crippen molar-refractivity contribution in [2.75, 3.05) is 11.9 Å². The Hall–Kier alpha value is -3.90. The Kier molecular flexibility index (Phi) is 5.82. The molecule has 0 saturated carbocycles. The molecule has 2 aromatic carbocycles. The number of anilines is 1. The number of rotatable bonds is 5. The smallest absolute Gasteiger partial charge is 0.374 e. The van der Waals surface area contributed by atoms with Gasteiger partial charge < -0.3 is 19.9 Å². The van der Waals surface area contributed by atoms with Crippen molar-refractivity contribution >= 4 is 56.8 Å². The number of nitrogens with zero attached hydrogens (tertiary/aromatic N) is 3. The number of hydrogen-bond donors (Lipinski definition) is 2. The molecule has 4 aromatic rings. The van der Waals surface area contributed by atoms with Crippen LogP contribution in [0.2, 0.25) is 5.02 Å². The van der Waals surface area contributed by atoms with Crippen molar-refractivity contribution in [2.45, 2.75) is 19.5 Å². The fourth-order valence-corrected chi connectivity index (χ4v) is 4.77. The molecule has 1 atom stereocenters. The molecule has 0 spiro atoms. The number of halogens is 3. The first-order valence-corrected chi connectivity index (χ1v) is 11.7. The van der Waals surface area contributed by atoms with Gasteiger partial charge in [-0.1, -0.05) is 11.6 Å². The number of imidazole rings is 1. The van der Waals surface area contributed by atoms with E-state index in [0.29, 0.717) is 4.70 Å². The predicted octanol–water partition coefficient (Wildman–Crippen LogP) is 4.07. The number of benzene rings is 2. The van der Waals surface area contributed by atoms with E-state index in [2.05, 4.69) is 20.0 Å². The highest BCUT2D eigenvalue weighted by molar-refractivity contribution is 7.13. The number of amides is 2. The summed E-state index contributed by atoms with van der Waals surface area (Å²) in [5.41, 5.74) is -0.435. The summed E-state index contributed by atoms with van der Waals surface area (Å²) in [5.74, 6) is -4.36. The Bertz CT molecular complexity index is 1610. The summed E-state index contributed by atoms with van der Waals surface area (Å²) in [6.07, 6.45) is 0. The molecule has 36 heavy (non-hydrogen) atoms. The van der Waals surface area contributed by atoms with Crippen molar-refractivity contribution in [1.29, 1.82) is 0 Å². The van der Waals surface area contributed by atoms with Crippen LogP contribution in [0.4, 0.5) is 14.6 Å². The third-order valence-electron chi connectivity index (χ3n) is 5.31. The number of carbonyl (C=O) groups excluding carboxylic acids is 3. The quantitative estimate of drug-likeness (QED) is 0.374. The third kappa shape index (κ3) is 4.18. The highest BCUT2D eigenvalue weighted by Crippen LogP contribution is 2.36. The second-order valence-electron chi connectivity index (χ2n) is 7.61. The first kappa shape index (κ1) is 22.6. The molecular weight excluding hydrogens is 516 g/mol. The lowest BCUT2D eigenvalue weighted by atomic mass is 10.0. The second-order valence-corrected chi connectivity index (χ2v) is 8.82. The molecule has 5 rings (SSSR count). The van der Waals surface area contributed by atoms with Crippen LogP contribution in [0, 0.1) is 11.6 Å². The number of fused-ring (bicyclic) bond motifs is 2. The van der Waals surface area contributed by atoms with Gasteiger partial charge in [-0.2, -0.15) is 4.37 Å². The summed E-state index contributed by atoms with van der Waals surface area (Å²) in [7, 11) is 0. The normalized spacial score (nSPS) is 17.3. The Balaban J connectivity index is 1.69. The van der Waals surface area contributed by atoms with Gasteiger partial charge in [-0.25, -0.2) is 18.6 Å². The lowest BCUT2D eigenvalue weighted by molar-refractivity contribution is -0.123. The van der Waals surface area contributed by atoms with Crippen LogP contribution >= 0.6 is 23.1 Å². The molecule has 1 aliphatic rings. The van der Waals surface area contributed by atoms with Gasteiger partial charge in [0, 0.05) is 16.0 Å². The van der Waals surface area contributed by atoms with E-state index >= 15 is 0 Å². The molecule has 184 valence electrons. The Morgan fingerprint density at radius 3 is 2.83 bits per heavy atom. The molecule has 2 amide bonds. The largest absolute Gasteiger partial charge is 0.460 e. The minimum Gasteiger partial charge on any atom is -0.460 e. The molecule has 2 aromatic heterocycles. The maximum atomic E-state index is 14.2. The first-order valence-electron chi connectivity index (χ1n) is 11.0. The molecule has 13 heteroatoms. The van der Waals surface area contributed by atoms with E-state index in [4.69, 9.17) is 16.3 Å². The van der Waals surface area contributed by atoms with Gasteiger partial charge in [-0.3, -0.25) is 9.59 Å². The van der Waals surface area contributed by atoms with Crippen LogP contribution in [-0.2, 0) is 16.1 Å². The fraction of sp³-hybridized carbons (Fsp3) is 0.174. The van der Waals surface area contributed by atoms with Crippen LogP contribution in [0.5, 0.6) is 0 Å². The van der Waals surface area contributed by atoms with Crippen LogP contribution in [-0.4, -0.2) is 38.3 Å². The van der Waals surface area contributed by atoms with E-state index < -0.39 is 42.0 Å². The van der Waals surface area contributed by atoms with Crippen molar-refractivity contribution in [1.82, 2.24) is 19.2 Å². The van der Waals surface area contributed by atoms with E-state index in [-0.39, 0.29) is 45.6 Å². The highest BCUT2D eigenvalue weighted by atomic mass is 35.5. The SMILES string of the molecule is [2H]C1(c2cc(F)ccc2Cl)NC(=O)Cn2c(C(=O)OCC)nc(NC(=O)c3nsc4ccc(F)cc34)c21. The second kappa shape index (κ2) is 9.28. The third-order valence-corrected chi connectivity index (χ3v) is 6.46. The van der Waals surface area contributed by atoms with E-state index in [0.717, 1.165) is 34.3 Å². The zero-order chi connectivity index (χ0) is 26.5. The van der Waals surface area contributed by atoms with Gasteiger partial charge >= 0.3 is 5.97 Å². The summed E-state index contributed by atoms with van der Waals surface area (Å²) in [6, 6.07) is 4.87. The predicted molar refractivity (Wildman–Crippen MR) is 127 cm³/mol. The van der Waals surface area contributed by atoms with Gasteiger partial charge in [0.25, 0.3) is 5.91 Å². The molecule has 1 unspecified atom stereocenters. The van der Waals surface area contributed by atoms with E-state index in [9.17, 15) is 24.5 Å². The van der Waals surface area contributed by atoms with E-state index in [1.807, 2.05) is 0 Å². The van der Waals surface area contributed by atoms with Crippen LogP contribution < -0.4 is 10.6 Å². The van der Waals surface area contributed by atoms with Gasteiger partial charge in [0.05, 0.1) is 24.4 Å². The van der Waals surface area contributed by atoms with E-state index in [1.54, 1.807) is 6.92 Å². The highest BCUT2D eigenvalue weighted by Gasteiger charge is 2.36. The average molecular weight is 533 g/mol. The molecule has 0 bridgehead atoms. The molecule has 0 radical (unpaired) electrons. The van der Waals surface area contributed by atoms with Gasteiger partial charge in [0.1, 0.15) is 23.9 Å². The lowest BCUT2D eigenvalue weighted by Crippen LogP contribution is -2.40. The summed E-state index contributed by atoms with van der Waals surface area (Å²) >= 11 is 7.26. The van der Waals surface area contributed by atoms with Crippen molar-refractivity contribution in [2.24, 2.45) is 0 Å². The van der Waals surface area contributed by atoms with E-state index in [1.165, 1.54) is 18.2 Å². The zero-order valence-electron chi connectivity index (χ0n) is 19.4. The van der Waals surface area contributed by atoms with Gasteiger partial charge in [-0.05, 0) is 54.9 Å². The van der Waals surface area contributed by atoms with Crippen molar-refractivity contribution < 1.29 is 29.3 Å². The molecule has 0 fully saturated rings. The maximum Gasteiger partial charge on any atom is 0.374 e. The van der Waals surface area contributed by atoms with Gasteiger partial charge in [0.2, 0.25) is 11.7 Å². The minimum absolute atomic E-state index is 0.00691. The van der Waals surface area contributed by atoms with Crippen LogP contribution in [0.25, 0.3) is 10.1 Å². The molecule has 0 aliphatic carbocycles. The maximum absolute atomic E-state index is 14.2. The number of carbonyl (C=O) groups is 3. The standard InChI is InChI=1S/C23H16ClF2N5O4S/c1-2-35-23(34)21-28-20(29-22(33)18-13-8-11(26)4-6-15(13)36-30-18)19-17(27-16(32)9-31(19)21)12-7-10(25)3-5-14(12)24/h3-8,17H,2,9H2,1H3,(H,27,32)(H,29,33)/i17D. The summed E-state index contributed by atoms with van der Waals surface area (Å²) in [5, 5.41) is 5.16. The molecule has 2 N–H and O–H groups in total. The summed E-state index contributed by atoms with van der Waals surface area (Å²) < 4.78 is 48.0. The van der Waals surface area contributed by atoms with Crippen molar-refractivity contribution in [3.63, 3.8) is 0 Å². The first-order chi connectivity index (χ1) is 17.6. The Labute approximate surface area is 212 Å². The molecular formula is C23H16ClF2N5O4S.